The Kier molecular flexibility index (Phi) is 6.62. The number of nitrogens with zero attached hydrogens (tertiary/aromatic N) is 1. The number of hydrogen-bond donors (Lipinski definition) is 2. The summed E-state index contributed by atoms with van der Waals surface area (Å²) in [6, 6.07) is 23.8. The number of aliphatic carboxylic acids is 1. The molecule has 0 saturated heterocycles. The maximum atomic E-state index is 10.6. The van der Waals surface area contributed by atoms with Gasteiger partial charge in [0.05, 0.1) is 12.7 Å². The summed E-state index contributed by atoms with van der Waals surface area (Å²) < 4.78 is 43.3. The minimum atomic E-state index is -5.08. The third kappa shape index (κ3) is 5.43. The lowest BCUT2D eigenvalue weighted by atomic mass is 9.97. The maximum absolute atomic E-state index is 10.6. The summed E-state index contributed by atoms with van der Waals surface area (Å²) in [5.74, 6) is -0.702. The summed E-state index contributed by atoms with van der Waals surface area (Å²) in [6.45, 7) is 1.93. The molecule has 3 aromatic carbocycles. The van der Waals surface area contributed by atoms with E-state index in [1.54, 1.807) is 7.11 Å². The van der Waals surface area contributed by atoms with Gasteiger partial charge < -0.3 is 20.3 Å². The monoisotopic (exact) mass is 458 g/mol. The molecule has 172 valence electrons. The molecule has 1 atom stereocenters. The predicted octanol–water partition coefficient (Wildman–Crippen LogP) is 4.97. The number of benzene rings is 3. The largest absolute Gasteiger partial charge is 0.497 e. The number of hydrogen-bond acceptors (Lipinski definition) is 5. The Labute approximate surface area is 188 Å². The zero-order chi connectivity index (χ0) is 24.2. The number of rotatable bonds is 3. The van der Waals surface area contributed by atoms with Crippen molar-refractivity contribution in [3.63, 3.8) is 0 Å². The zero-order valence-corrected chi connectivity index (χ0v) is 17.8. The highest BCUT2D eigenvalue weighted by Crippen LogP contribution is 2.37. The maximum Gasteiger partial charge on any atom is 0.490 e. The van der Waals surface area contributed by atoms with Crippen LogP contribution in [-0.2, 0) is 10.5 Å². The third-order valence-electron chi connectivity index (χ3n) is 4.85. The van der Waals surface area contributed by atoms with Gasteiger partial charge in [0.15, 0.2) is 0 Å². The van der Waals surface area contributed by atoms with E-state index in [1.165, 1.54) is 0 Å². The highest BCUT2D eigenvalue weighted by atomic mass is 19.4. The molecule has 1 unspecified atom stereocenters. The van der Waals surface area contributed by atoms with Gasteiger partial charge in [0.25, 0.3) is 0 Å². The van der Waals surface area contributed by atoms with E-state index in [4.69, 9.17) is 25.1 Å². The van der Waals surface area contributed by atoms with Crippen molar-refractivity contribution in [3.05, 3.63) is 83.9 Å². The number of alkyl halides is 3. The van der Waals surface area contributed by atoms with Crippen LogP contribution in [0.5, 0.6) is 11.5 Å². The van der Waals surface area contributed by atoms with Gasteiger partial charge in [-0.05, 0) is 41.5 Å². The molecule has 0 spiro atoms. The lowest BCUT2D eigenvalue weighted by molar-refractivity contribution is -0.192. The minimum absolute atomic E-state index is 0.487. The number of carbonyl (C=O) groups is 1. The average molecular weight is 458 g/mol. The number of carboxylic acids is 1. The van der Waals surface area contributed by atoms with Crippen LogP contribution in [0.1, 0.15) is 18.1 Å². The van der Waals surface area contributed by atoms with Crippen molar-refractivity contribution in [2.24, 2.45) is 10.7 Å². The highest BCUT2D eigenvalue weighted by Gasteiger charge is 2.38. The van der Waals surface area contributed by atoms with E-state index in [0.717, 1.165) is 33.8 Å². The molecule has 6 nitrogen and oxygen atoms in total. The van der Waals surface area contributed by atoms with Crippen LogP contribution in [0.3, 0.4) is 0 Å². The number of nitrogens with two attached hydrogens (primary N) is 1. The fourth-order valence-corrected chi connectivity index (χ4v) is 3.21. The first-order chi connectivity index (χ1) is 15.5. The van der Waals surface area contributed by atoms with Crippen molar-refractivity contribution < 1.29 is 32.5 Å². The van der Waals surface area contributed by atoms with Crippen molar-refractivity contribution in [1.82, 2.24) is 0 Å². The number of carboxylic acid groups (broad SMARTS) is 1. The molecular weight excluding hydrogens is 437 g/mol. The molecule has 0 aromatic heterocycles. The van der Waals surface area contributed by atoms with Crippen molar-refractivity contribution in [3.8, 4) is 22.6 Å². The predicted molar refractivity (Wildman–Crippen MR) is 117 cm³/mol. The van der Waals surface area contributed by atoms with Crippen LogP contribution in [0.25, 0.3) is 11.1 Å². The van der Waals surface area contributed by atoms with E-state index in [-0.39, 0.29) is 0 Å². The van der Waals surface area contributed by atoms with Crippen molar-refractivity contribution >= 4 is 11.8 Å². The molecule has 0 amide bonds. The SMILES string of the molecule is COc1cccc(-c2cccc(C3(C)N=C(N)c4ccccc4O3)c2)c1.O=C(O)C(F)(F)F. The van der Waals surface area contributed by atoms with Gasteiger partial charge in [-0.3, -0.25) is 0 Å². The van der Waals surface area contributed by atoms with Gasteiger partial charge in [-0.1, -0.05) is 42.5 Å². The smallest absolute Gasteiger partial charge is 0.490 e. The van der Waals surface area contributed by atoms with Gasteiger partial charge in [-0.25, -0.2) is 9.79 Å². The highest BCUT2D eigenvalue weighted by molar-refractivity contribution is 6.01. The summed E-state index contributed by atoms with van der Waals surface area (Å²) in [6.07, 6.45) is -5.08. The minimum Gasteiger partial charge on any atom is -0.497 e. The zero-order valence-electron chi connectivity index (χ0n) is 17.8. The number of para-hydroxylation sites is 1. The first-order valence-corrected chi connectivity index (χ1v) is 9.72. The molecule has 1 heterocycles. The second-order valence-corrected chi connectivity index (χ2v) is 7.19. The molecule has 0 bridgehead atoms. The van der Waals surface area contributed by atoms with Crippen molar-refractivity contribution in [2.45, 2.75) is 18.8 Å². The number of methoxy groups -OCH3 is 1. The number of halogens is 3. The summed E-state index contributed by atoms with van der Waals surface area (Å²) in [4.78, 5) is 13.5. The van der Waals surface area contributed by atoms with Gasteiger partial charge in [0, 0.05) is 12.5 Å². The van der Waals surface area contributed by atoms with Gasteiger partial charge in [-0.2, -0.15) is 13.2 Å². The molecule has 0 saturated carbocycles. The molecule has 3 aromatic rings. The lowest BCUT2D eigenvalue weighted by Gasteiger charge is -2.32. The Morgan fingerprint density at radius 2 is 1.64 bits per heavy atom. The molecule has 1 aliphatic heterocycles. The topological polar surface area (TPSA) is 94.1 Å². The van der Waals surface area contributed by atoms with Crippen LogP contribution in [-0.4, -0.2) is 30.2 Å². The lowest BCUT2D eigenvalue weighted by Crippen LogP contribution is -2.35. The fraction of sp³-hybridized carbons (Fsp3) is 0.167. The molecule has 4 rings (SSSR count). The molecule has 1 aliphatic rings. The summed E-state index contributed by atoms with van der Waals surface area (Å²) in [7, 11) is 1.67. The van der Waals surface area contributed by atoms with E-state index >= 15 is 0 Å². The van der Waals surface area contributed by atoms with E-state index in [0.29, 0.717) is 5.84 Å². The van der Waals surface area contributed by atoms with Crippen LogP contribution in [0.2, 0.25) is 0 Å². The Morgan fingerprint density at radius 1 is 1.03 bits per heavy atom. The van der Waals surface area contributed by atoms with Crippen LogP contribution < -0.4 is 15.2 Å². The molecule has 0 radical (unpaired) electrons. The molecular formula is C24H21F3N2O4. The van der Waals surface area contributed by atoms with E-state index in [9.17, 15) is 13.2 Å². The second-order valence-electron chi connectivity index (χ2n) is 7.19. The number of aliphatic imine (C=N–C) groups is 1. The van der Waals surface area contributed by atoms with Gasteiger partial charge in [0.1, 0.15) is 17.3 Å². The number of amidine groups is 1. The molecule has 0 fully saturated rings. The van der Waals surface area contributed by atoms with E-state index in [2.05, 4.69) is 23.2 Å². The van der Waals surface area contributed by atoms with Gasteiger partial charge in [-0.15, -0.1) is 0 Å². The first-order valence-electron chi connectivity index (χ1n) is 9.72. The molecule has 3 N–H and O–H groups in total. The van der Waals surface area contributed by atoms with Gasteiger partial charge >= 0.3 is 12.1 Å². The van der Waals surface area contributed by atoms with Crippen molar-refractivity contribution in [1.29, 1.82) is 0 Å². The third-order valence-corrected chi connectivity index (χ3v) is 4.85. The summed E-state index contributed by atoms with van der Waals surface area (Å²) in [5.41, 5.74) is 9.24. The van der Waals surface area contributed by atoms with Crippen LogP contribution >= 0.6 is 0 Å². The summed E-state index contributed by atoms with van der Waals surface area (Å²) >= 11 is 0. The second kappa shape index (κ2) is 9.23. The Hall–Kier alpha value is -4.01. The normalized spacial score (nSPS) is 16.9. The molecule has 9 heteroatoms. The van der Waals surface area contributed by atoms with E-state index in [1.807, 2.05) is 61.5 Å². The summed E-state index contributed by atoms with van der Waals surface area (Å²) in [5, 5.41) is 7.12. The van der Waals surface area contributed by atoms with Crippen molar-refractivity contribution in [2.75, 3.05) is 7.11 Å². The quantitative estimate of drug-likeness (QED) is 0.578. The number of fused-ring (bicyclic) bond motifs is 1. The van der Waals surface area contributed by atoms with Gasteiger partial charge in [0.2, 0.25) is 5.72 Å². The molecule has 33 heavy (non-hydrogen) atoms. The standard InChI is InChI=1S/C22H20N2O2.C2HF3O2/c1-22(24-21(23)19-11-3-4-12-20(19)26-22)17-9-5-7-15(13-17)16-8-6-10-18(14-16)25-2;3-2(4,5)1(6)7/h3-14H,1-2H3,(H2,23,24);(H,6,7). The average Bonchev–Trinajstić information content (AvgIpc) is 2.79. The number of ether oxygens (including phenoxy) is 2. The fourth-order valence-electron chi connectivity index (χ4n) is 3.21. The Balaban J connectivity index is 0.000000383. The Bertz CT molecular complexity index is 1190. The van der Waals surface area contributed by atoms with Crippen LogP contribution in [0, 0.1) is 0 Å². The van der Waals surface area contributed by atoms with Crippen LogP contribution in [0.4, 0.5) is 13.2 Å². The first kappa shape index (κ1) is 23.6. The molecule has 0 aliphatic carbocycles. The van der Waals surface area contributed by atoms with Crippen LogP contribution in [0.15, 0.2) is 77.8 Å². The Morgan fingerprint density at radius 3 is 2.27 bits per heavy atom. The van der Waals surface area contributed by atoms with E-state index < -0.39 is 17.9 Å².